The second-order valence-electron chi connectivity index (χ2n) is 5.20. The first-order chi connectivity index (χ1) is 8.42. The van der Waals surface area contributed by atoms with Gasteiger partial charge in [0.1, 0.15) is 0 Å². The number of thiophene rings is 1. The lowest BCUT2D eigenvalue weighted by Gasteiger charge is -2.44. The maximum absolute atomic E-state index is 12.4. The minimum atomic E-state index is -0.140. The molecule has 0 saturated carbocycles. The molecule has 0 radical (unpaired) electrons. The number of morpholine rings is 1. The molecule has 1 saturated heterocycles. The van der Waals surface area contributed by atoms with Crippen LogP contribution in [0.25, 0.3) is 0 Å². The molecule has 100 valence electrons. The molecule has 2 rings (SSSR count). The van der Waals surface area contributed by atoms with Gasteiger partial charge in [-0.25, -0.2) is 0 Å². The van der Waals surface area contributed by atoms with Gasteiger partial charge in [-0.15, -0.1) is 11.3 Å². The van der Waals surface area contributed by atoms with Gasteiger partial charge in [0.05, 0.1) is 28.5 Å². The molecule has 0 N–H and O–H groups in total. The molecular weight excluding hydrogens is 270 g/mol. The van der Waals surface area contributed by atoms with Crippen molar-refractivity contribution in [1.82, 2.24) is 4.90 Å². The number of carbonyl (C=O) groups is 1. The van der Waals surface area contributed by atoms with E-state index < -0.39 is 0 Å². The summed E-state index contributed by atoms with van der Waals surface area (Å²) in [7, 11) is 0. The van der Waals surface area contributed by atoms with Gasteiger partial charge in [0.25, 0.3) is 0 Å². The predicted molar refractivity (Wildman–Crippen MR) is 74.7 cm³/mol. The Morgan fingerprint density at radius 2 is 2.28 bits per heavy atom. The van der Waals surface area contributed by atoms with Crippen LogP contribution in [0.5, 0.6) is 0 Å². The largest absolute Gasteiger partial charge is 0.378 e. The molecule has 1 aliphatic heterocycles. The predicted octanol–water partition coefficient (Wildman–Crippen LogP) is 3.08. The van der Waals surface area contributed by atoms with Crippen molar-refractivity contribution in [2.75, 3.05) is 19.8 Å². The normalized spacial score (nSPS) is 21.8. The van der Waals surface area contributed by atoms with E-state index in [1.807, 2.05) is 6.92 Å². The summed E-state index contributed by atoms with van der Waals surface area (Å²) >= 11 is 7.23. The number of ketones is 1. The zero-order valence-electron chi connectivity index (χ0n) is 10.9. The van der Waals surface area contributed by atoms with Crippen molar-refractivity contribution in [3.63, 3.8) is 0 Å². The number of rotatable bonds is 3. The highest BCUT2D eigenvalue weighted by molar-refractivity contribution is 7.18. The molecule has 1 aromatic heterocycles. The molecule has 0 bridgehead atoms. The summed E-state index contributed by atoms with van der Waals surface area (Å²) in [6.45, 7) is 8.32. The Hall–Kier alpha value is -0.420. The summed E-state index contributed by atoms with van der Waals surface area (Å²) in [6.07, 6.45) is 0. The Morgan fingerprint density at radius 3 is 2.83 bits per heavy atom. The van der Waals surface area contributed by atoms with Crippen molar-refractivity contribution in [2.24, 2.45) is 0 Å². The second-order valence-corrected chi connectivity index (χ2v) is 6.92. The SMILES string of the molecule is CC(C(=O)c1ccc(Cl)s1)N1CCOCC1(C)C. The van der Waals surface area contributed by atoms with Crippen molar-refractivity contribution in [3.8, 4) is 0 Å². The molecule has 5 heteroatoms. The fraction of sp³-hybridized carbons (Fsp3) is 0.615. The zero-order valence-corrected chi connectivity index (χ0v) is 12.5. The lowest BCUT2D eigenvalue weighted by molar-refractivity contribution is -0.0625. The summed E-state index contributed by atoms with van der Waals surface area (Å²) in [6, 6.07) is 3.44. The summed E-state index contributed by atoms with van der Waals surface area (Å²) in [4.78, 5) is 15.4. The number of hydrogen-bond donors (Lipinski definition) is 0. The monoisotopic (exact) mass is 287 g/mol. The van der Waals surface area contributed by atoms with Crippen LogP contribution in [0.1, 0.15) is 30.4 Å². The molecule has 0 amide bonds. The molecule has 0 aliphatic carbocycles. The van der Waals surface area contributed by atoms with Crippen LogP contribution in [0.4, 0.5) is 0 Å². The Balaban J connectivity index is 2.15. The fourth-order valence-electron chi connectivity index (χ4n) is 2.38. The molecule has 1 unspecified atom stereocenters. The smallest absolute Gasteiger partial charge is 0.189 e. The van der Waals surface area contributed by atoms with Crippen LogP contribution >= 0.6 is 22.9 Å². The van der Waals surface area contributed by atoms with Crippen LogP contribution in [-0.4, -0.2) is 42.0 Å². The zero-order chi connectivity index (χ0) is 13.3. The van der Waals surface area contributed by atoms with Crippen molar-refractivity contribution >= 4 is 28.7 Å². The highest BCUT2D eigenvalue weighted by atomic mass is 35.5. The Morgan fingerprint density at radius 1 is 1.56 bits per heavy atom. The van der Waals surface area contributed by atoms with Gasteiger partial charge in [-0.05, 0) is 32.9 Å². The quantitative estimate of drug-likeness (QED) is 0.800. The third kappa shape index (κ3) is 2.77. The fourth-order valence-corrected chi connectivity index (χ4v) is 3.45. The van der Waals surface area contributed by atoms with E-state index in [0.29, 0.717) is 17.6 Å². The first-order valence-corrected chi connectivity index (χ1v) is 7.25. The third-order valence-corrected chi connectivity index (χ3v) is 4.62. The van der Waals surface area contributed by atoms with Gasteiger partial charge in [-0.3, -0.25) is 9.69 Å². The number of ether oxygens (including phenoxy) is 1. The molecular formula is C13H18ClNO2S. The Labute approximate surface area is 117 Å². The maximum Gasteiger partial charge on any atom is 0.189 e. The number of hydrogen-bond acceptors (Lipinski definition) is 4. The average Bonchev–Trinajstić information content (AvgIpc) is 2.73. The molecule has 18 heavy (non-hydrogen) atoms. The van der Waals surface area contributed by atoms with Gasteiger partial charge in [0.2, 0.25) is 0 Å². The summed E-state index contributed by atoms with van der Waals surface area (Å²) in [5.74, 6) is 0.141. The molecule has 0 aromatic carbocycles. The summed E-state index contributed by atoms with van der Waals surface area (Å²) < 4.78 is 6.14. The topological polar surface area (TPSA) is 29.5 Å². The highest BCUT2D eigenvalue weighted by Gasteiger charge is 2.36. The molecule has 0 spiro atoms. The number of nitrogens with zero attached hydrogens (tertiary/aromatic N) is 1. The molecule has 1 atom stereocenters. The number of Topliss-reactive ketones (excluding diaryl/α,β-unsaturated/α-hetero) is 1. The van der Waals surface area contributed by atoms with Crippen LogP contribution in [0.15, 0.2) is 12.1 Å². The van der Waals surface area contributed by atoms with Crippen molar-refractivity contribution in [3.05, 3.63) is 21.3 Å². The van der Waals surface area contributed by atoms with Crippen LogP contribution in [0.3, 0.4) is 0 Å². The van der Waals surface area contributed by atoms with Crippen molar-refractivity contribution in [1.29, 1.82) is 0 Å². The van der Waals surface area contributed by atoms with Crippen LogP contribution in [-0.2, 0) is 4.74 Å². The van der Waals surface area contributed by atoms with Gasteiger partial charge in [0, 0.05) is 12.1 Å². The number of halogens is 1. The molecule has 1 fully saturated rings. The second kappa shape index (κ2) is 5.29. The van der Waals surface area contributed by atoms with Gasteiger partial charge < -0.3 is 4.74 Å². The van der Waals surface area contributed by atoms with E-state index in [-0.39, 0.29) is 17.4 Å². The Bertz CT molecular complexity index is 444. The number of carbonyl (C=O) groups excluding carboxylic acids is 1. The summed E-state index contributed by atoms with van der Waals surface area (Å²) in [5, 5.41) is 0. The lowest BCUT2D eigenvalue weighted by atomic mass is 9.98. The van der Waals surface area contributed by atoms with Crippen LogP contribution in [0, 0.1) is 0 Å². The highest BCUT2D eigenvalue weighted by Crippen LogP contribution is 2.27. The molecule has 1 aromatic rings. The molecule has 3 nitrogen and oxygen atoms in total. The first-order valence-electron chi connectivity index (χ1n) is 6.06. The molecule has 2 heterocycles. The van der Waals surface area contributed by atoms with Crippen LogP contribution < -0.4 is 0 Å². The average molecular weight is 288 g/mol. The van der Waals surface area contributed by atoms with E-state index in [1.54, 1.807) is 12.1 Å². The Kier molecular flexibility index (Phi) is 4.11. The van der Waals surface area contributed by atoms with Gasteiger partial charge >= 0.3 is 0 Å². The summed E-state index contributed by atoms with van der Waals surface area (Å²) in [5.41, 5.74) is -0.103. The third-order valence-electron chi connectivity index (χ3n) is 3.37. The van der Waals surface area contributed by atoms with Crippen molar-refractivity contribution in [2.45, 2.75) is 32.4 Å². The standard InChI is InChI=1S/C13H18ClNO2S/c1-9(12(16)10-4-5-11(14)18-10)15-6-7-17-8-13(15,2)3/h4-5,9H,6-8H2,1-3H3. The van der Waals surface area contributed by atoms with Crippen LogP contribution in [0.2, 0.25) is 4.34 Å². The molecule has 1 aliphatic rings. The first kappa shape index (κ1) is 14.0. The van der Waals surface area contributed by atoms with E-state index in [2.05, 4.69) is 18.7 Å². The van der Waals surface area contributed by atoms with E-state index in [9.17, 15) is 4.79 Å². The van der Waals surface area contributed by atoms with Gasteiger partial charge in [-0.1, -0.05) is 11.6 Å². The minimum Gasteiger partial charge on any atom is -0.378 e. The minimum absolute atomic E-state index is 0.103. The van der Waals surface area contributed by atoms with E-state index in [4.69, 9.17) is 16.3 Å². The van der Waals surface area contributed by atoms with E-state index >= 15 is 0 Å². The lowest BCUT2D eigenvalue weighted by Crippen LogP contribution is -2.58. The van der Waals surface area contributed by atoms with Gasteiger partial charge in [-0.2, -0.15) is 0 Å². The maximum atomic E-state index is 12.4. The van der Waals surface area contributed by atoms with E-state index in [0.717, 1.165) is 11.4 Å². The van der Waals surface area contributed by atoms with Crippen molar-refractivity contribution < 1.29 is 9.53 Å². The van der Waals surface area contributed by atoms with Gasteiger partial charge in [0.15, 0.2) is 5.78 Å². The van der Waals surface area contributed by atoms with E-state index in [1.165, 1.54) is 11.3 Å².